The first-order valence-electron chi connectivity index (χ1n) is 8.31. The highest BCUT2D eigenvalue weighted by Gasteiger charge is 2.28. The molecule has 1 aromatic heterocycles. The van der Waals surface area contributed by atoms with E-state index in [2.05, 4.69) is 10.2 Å². The fourth-order valence-electron chi connectivity index (χ4n) is 2.92. The number of carboxylic acids is 1. The van der Waals surface area contributed by atoms with E-state index in [-0.39, 0.29) is 12.3 Å². The summed E-state index contributed by atoms with van der Waals surface area (Å²) < 4.78 is 1.95. The van der Waals surface area contributed by atoms with Crippen molar-refractivity contribution in [2.45, 2.75) is 38.8 Å². The Hall–Kier alpha value is -2.05. The molecule has 3 N–H and O–H groups in total. The van der Waals surface area contributed by atoms with E-state index in [1.165, 1.54) is 0 Å². The van der Waals surface area contributed by atoms with Crippen molar-refractivity contribution >= 4 is 34.6 Å². The van der Waals surface area contributed by atoms with Crippen LogP contribution in [0.25, 0.3) is 10.9 Å². The molecular weight excluding hydrogens is 342 g/mol. The number of hydrogen-bond acceptors (Lipinski definition) is 3. The van der Waals surface area contributed by atoms with Gasteiger partial charge in [0.1, 0.15) is 12.1 Å². The van der Waals surface area contributed by atoms with Crippen molar-refractivity contribution in [3.8, 4) is 0 Å². The predicted molar refractivity (Wildman–Crippen MR) is 98.4 cm³/mol. The fourth-order valence-corrected chi connectivity index (χ4v) is 3.24. The van der Waals surface area contributed by atoms with Gasteiger partial charge in [0.05, 0.1) is 0 Å². The van der Waals surface area contributed by atoms with Gasteiger partial charge >= 0.3 is 5.97 Å². The Balaban J connectivity index is 2.21. The van der Waals surface area contributed by atoms with Gasteiger partial charge in [-0.25, -0.2) is 9.63 Å². The van der Waals surface area contributed by atoms with Gasteiger partial charge in [-0.15, -0.1) is 0 Å². The molecule has 1 amide bonds. The minimum absolute atomic E-state index is 0.00972. The van der Waals surface area contributed by atoms with Gasteiger partial charge in [-0.05, 0) is 29.3 Å². The van der Waals surface area contributed by atoms with Gasteiger partial charge in [-0.2, -0.15) is 0 Å². The molecule has 0 bridgehead atoms. The maximum atomic E-state index is 12.4. The summed E-state index contributed by atoms with van der Waals surface area (Å²) in [4.78, 5) is 26.5. The molecular formula is C18H24ClN3O3. The van der Waals surface area contributed by atoms with Crippen molar-refractivity contribution in [2.75, 3.05) is 0 Å². The first-order valence-corrected chi connectivity index (χ1v) is 8.69. The Morgan fingerprint density at radius 1 is 1.32 bits per heavy atom. The number of carboxylic acid groups (broad SMARTS) is 1. The second-order valence-corrected chi connectivity index (χ2v) is 6.58. The number of para-hydroxylation sites is 1. The lowest BCUT2D eigenvalue weighted by Gasteiger charge is -2.23. The highest BCUT2D eigenvalue weighted by atomic mass is 35.5. The summed E-state index contributed by atoms with van der Waals surface area (Å²) in [5.41, 5.74) is 1.90. The lowest BCUT2D eigenvalue weighted by molar-refractivity contribution is -0.142. The summed E-state index contributed by atoms with van der Waals surface area (Å²) in [5.74, 6) is -1.49. The van der Waals surface area contributed by atoms with Crippen molar-refractivity contribution in [3.05, 3.63) is 36.0 Å². The molecule has 2 aromatic rings. The number of carbonyl (C=O) groups is 2. The van der Waals surface area contributed by atoms with E-state index >= 15 is 0 Å². The number of halogens is 1. The van der Waals surface area contributed by atoms with Crippen molar-refractivity contribution in [3.63, 3.8) is 0 Å². The number of fused-ring (bicyclic) bond motifs is 1. The Bertz CT molecular complexity index is 759. The average molecular weight is 366 g/mol. The summed E-state index contributed by atoms with van der Waals surface area (Å²) in [6.07, 6.45) is 2.86. The minimum atomic E-state index is -1.07. The molecule has 1 heterocycles. The van der Waals surface area contributed by atoms with Crippen LogP contribution in [-0.4, -0.2) is 33.6 Å². The number of nitrogens with zero attached hydrogens (tertiary/aromatic N) is 1. The molecule has 0 radical (unpaired) electrons. The van der Waals surface area contributed by atoms with Crippen LogP contribution in [-0.2, 0) is 23.1 Å². The molecule has 0 saturated heterocycles. The van der Waals surface area contributed by atoms with Crippen LogP contribution >= 0.6 is 11.8 Å². The SMILES string of the molecule is CC[C@H](C)[C@H](NCl)C(=O)N[C@H](Cc1cn(C)c2ccccc12)C(=O)O. The van der Waals surface area contributed by atoms with Crippen LogP contribution in [0.15, 0.2) is 30.5 Å². The molecule has 1 aromatic carbocycles. The zero-order valence-electron chi connectivity index (χ0n) is 14.6. The highest BCUT2D eigenvalue weighted by molar-refractivity contribution is 6.15. The second kappa shape index (κ2) is 8.36. The van der Waals surface area contributed by atoms with Gasteiger partial charge in [0.2, 0.25) is 5.91 Å². The molecule has 0 aliphatic heterocycles. The number of carbonyl (C=O) groups excluding carboxylic acids is 1. The maximum absolute atomic E-state index is 12.4. The van der Waals surface area contributed by atoms with E-state index in [1.807, 2.05) is 55.9 Å². The molecule has 2 rings (SSSR count). The van der Waals surface area contributed by atoms with Gasteiger partial charge in [-0.3, -0.25) is 4.79 Å². The third-order valence-electron chi connectivity index (χ3n) is 4.63. The highest BCUT2D eigenvalue weighted by Crippen LogP contribution is 2.21. The molecule has 0 spiro atoms. The number of aryl methyl sites for hydroxylation is 1. The second-order valence-electron chi connectivity index (χ2n) is 6.36. The van der Waals surface area contributed by atoms with Crippen LogP contribution in [0.1, 0.15) is 25.8 Å². The van der Waals surface area contributed by atoms with Crippen LogP contribution in [0, 0.1) is 5.92 Å². The van der Waals surface area contributed by atoms with E-state index in [9.17, 15) is 14.7 Å². The molecule has 136 valence electrons. The van der Waals surface area contributed by atoms with Gasteiger partial charge in [0.15, 0.2) is 0 Å². The maximum Gasteiger partial charge on any atom is 0.326 e. The van der Waals surface area contributed by atoms with Gasteiger partial charge in [0.25, 0.3) is 0 Å². The lowest BCUT2D eigenvalue weighted by atomic mass is 9.98. The number of amides is 1. The Kier molecular flexibility index (Phi) is 6.45. The van der Waals surface area contributed by atoms with E-state index in [0.29, 0.717) is 0 Å². The third-order valence-corrected chi connectivity index (χ3v) is 4.87. The predicted octanol–water partition coefficient (Wildman–Crippen LogP) is 2.45. The monoisotopic (exact) mass is 365 g/mol. The molecule has 0 aliphatic carbocycles. The van der Waals surface area contributed by atoms with Crippen LogP contribution in [0.2, 0.25) is 0 Å². The number of hydrogen-bond donors (Lipinski definition) is 3. The molecule has 25 heavy (non-hydrogen) atoms. The zero-order valence-corrected chi connectivity index (χ0v) is 15.4. The molecule has 0 aliphatic rings. The van der Waals surface area contributed by atoms with Crippen molar-refractivity contribution in [1.29, 1.82) is 0 Å². The smallest absolute Gasteiger partial charge is 0.326 e. The van der Waals surface area contributed by atoms with E-state index < -0.39 is 24.0 Å². The van der Waals surface area contributed by atoms with Gasteiger partial charge in [0, 0.05) is 30.6 Å². The molecule has 0 saturated carbocycles. The molecule has 3 atom stereocenters. The molecule has 0 fully saturated rings. The number of aromatic nitrogens is 1. The van der Waals surface area contributed by atoms with Crippen LogP contribution in [0.3, 0.4) is 0 Å². The summed E-state index contributed by atoms with van der Waals surface area (Å²) in [7, 11) is 1.91. The molecule has 7 heteroatoms. The largest absolute Gasteiger partial charge is 0.480 e. The molecule has 6 nitrogen and oxygen atoms in total. The fraction of sp³-hybridized carbons (Fsp3) is 0.444. The van der Waals surface area contributed by atoms with Gasteiger partial charge < -0.3 is 15.0 Å². The van der Waals surface area contributed by atoms with Crippen molar-refractivity contribution in [2.24, 2.45) is 13.0 Å². The summed E-state index contributed by atoms with van der Waals surface area (Å²) >= 11 is 5.68. The minimum Gasteiger partial charge on any atom is -0.480 e. The Morgan fingerprint density at radius 3 is 2.60 bits per heavy atom. The normalized spacial score (nSPS) is 14.9. The van der Waals surface area contributed by atoms with E-state index in [1.54, 1.807) is 0 Å². The summed E-state index contributed by atoms with van der Waals surface area (Å²) in [5, 5.41) is 13.1. The quantitative estimate of drug-likeness (QED) is 0.627. The van der Waals surface area contributed by atoms with Crippen molar-refractivity contribution < 1.29 is 14.7 Å². The van der Waals surface area contributed by atoms with Crippen LogP contribution in [0.4, 0.5) is 0 Å². The van der Waals surface area contributed by atoms with Gasteiger partial charge in [-0.1, -0.05) is 38.5 Å². The zero-order chi connectivity index (χ0) is 18.6. The Morgan fingerprint density at radius 2 is 2.00 bits per heavy atom. The van der Waals surface area contributed by atoms with Crippen LogP contribution in [0.5, 0.6) is 0 Å². The standard InChI is InChI=1S/C18H24ClN3O3/c1-4-11(2)16(21-19)17(23)20-14(18(24)25)9-12-10-22(3)15-8-6-5-7-13(12)15/h5-8,10-11,14,16,21H,4,9H2,1-3H3,(H,20,23)(H,24,25)/t11-,14+,16-/m0/s1. The topological polar surface area (TPSA) is 83.4 Å². The Labute approximate surface area is 152 Å². The number of aliphatic carboxylic acids is 1. The lowest BCUT2D eigenvalue weighted by Crippen LogP contribution is -2.51. The third kappa shape index (κ3) is 4.32. The number of rotatable bonds is 8. The molecule has 0 unspecified atom stereocenters. The summed E-state index contributed by atoms with van der Waals surface area (Å²) in [6, 6.07) is 6.12. The first kappa shape index (κ1) is 19.3. The average Bonchev–Trinajstić information content (AvgIpc) is 2.91. The summed E-state index contributed by atoms with van der Waals surface area (Å²) in [6.45, 7) is 3.84. The van der Waals surface area contributed by atoms with Crippen molar-refractivity contribution in [1.82, 2.24) is 14.7 Å². The van der Waals surface area contributed by atoms with Crippen LogP contribution < -0.4 is 10.2 Å². The number of benzene rings is 1. The van der Waals surface area contributed by atoms with E-state index in [0.717, 1.165) is 22.9 Å². The first-order chi connectivity index (χ1) is 11.9. The number of nitrogens with one attached hydrogen (secondary N) is 2. The van der Waals surface area contributed by atoms with E-state index in [4.69, 9.17) is 11.8 Å².